The average Bonchev–Trinajstić information content (AvgIpc) is 2.94. The van der Waals surface area contributed by atoms with Gasteiger partial charge in [-0.15, -0.1) is 9.61 Å². The molecule has 0 amide bonds. The predicted molar refractivity (Wildman–Crippen MR) is 79.5 cm³/mol. The summed E-state index contributed by atoms with van der Waals surface area (Å²) in [6, 6.07) is 14.4. The van der Waals surface area contributed by atoms with Crippen LogP contribution in [0.5, 0.6) is 0 Å². The van der Waals surface area contributed by atoms with Gasteiger partial charge in [0.15, 0.2) is 11.5 Å². The van der Waals surface area contributed by atoms with Crippen molar-refractivity contribution in [2.45, 2.75) is 0 Å². The van der Waals surface area contributed by atoms with E-state index in [2.05, 4.69) is 10.1 Å². The molecule has 5 nitrogen and oxygen atoms in total. The highest BCUT2D eigenvalue weighted by Gasteiger charge is 2.13. The molecule has 0 saturated heterocycles. The lowest BCUT2D eigenvalue weighted by atomic mass is 10.2. The largest absolute Gasteiger partial charge is 0.442 e. The zero-order chi connectivity index (χ0) is 14.4. The number of hydrogen-bond donors (Lipinski definition) is 0. The van der Waals surface area contributed by atoms with E-state index in [-0.39, 0.29) is 0 Å². The van der Waals surface area contributed by atoms with E-state index in [1.165, 1.54) is 4.52 Å². The molecule has 4 rings (SSSR count). The van der Waals surface area contributed by atoms with E-state index in [1.807, 2.05) is 12.1 Å². The molecule has 0 aliphatic carbocycles. The summed E-state index contributed by atoms with van der Waals surface area (Å²) in [5.74, 6) is -0.105. The molecule has 0 unspecified atom stereocenters. The van der Waals surface area contributed by atoms with Crippen molar-refractivity contribution in [3.8, 4) is 11.4 Å². The molecule has 0 fully saturated rings. The molecule has 21 heavy (non-hydrogen) atoms. The number of aromatic nitrogens is 3. The van der Waals surface area contributed by atoms with Crippen molar-refractivity contribution in [1.29, 1.82) is 0 Å². The predicted octanol–water partition coefficient (Wildman–Crippen LogP) is 3.16. The van der Waals surface area contributed by atoms with Gasteiger partial charge in [-0.3, -0.25) is 0 Å². The highest BCUT2D eigenvalue weighted by Crippen LogP contribution is 2.21. The van der Waals surface area contributed by atoms with Crippen LogP contribution in [0, 0.1) is 0 Å². The second-order valence-electron chi connectivity index (χ2n) is 4.54. The smallest absolute Gasteiger partial charge is 0.408 e. The first kappa shape index (κ1) is 12.1. The van der Waals surface area contributed by atoms with Gasteiger partial charge < -0.3 is 4.42 Å². The number of nitrogens with zero attached hydrogens (tertiary/aromatic N) is 3. The first-order valence-corrected chi connectivity index (χ1v) is 6.65. The maximum atomic E-state index is 12.0. The summed E-state index contributed by atoms with van der Waals surface area (Å²) in [5, 5.41) is 5.59. The molecule has 0 aliphatic heterocycles. The minimum Gasteiger partial charge on any atom is -0.408 e. The highest BCUT2D eigenvalue weighted by atomic mass is 35.5. The molecule has 102 valence electrons. The average molecular weight is 298 g/mol. The van der Waals surface area contributed by atoms with Crippen LogP contribution in [0.2, 0.25) is 5.02 Å². The Labute approximate surface area is 123 Å². The van der Waals surface area contributed by atoms with Gasteiger partial charge in [0, 0.05) is 10.6 Å². The zero-order valence-corrected chi connectivity index (χ0v) is 11.4. The standard InChI is InChI=1S/C15H8ClN3O2/c16-10-7-5-9(6-8-10)13-17-14-11-3-1-2-4-12(11)21-15(20)19(14)18-13/h1-8H. The van der Waals surface area contributed by atoms with Crippen molar-refractivity contribution >= 4 is 28.2 Å². The van der Waals surface area contributed by atoms with Crippen LogP contribution in [0.4, 0.5) is 0 Å². The van der Waals surface area contributed by atoms with Gasteiger partial charge >= 0.3 is 5.76 Å². The fourth-order valence-electron chi connectivity index (χ4n) is 2.21. The Morgan fingerprint density at radius 3 is 2.62 bits per heavy atom. The Hall–Kier alpha value is -2.66. The highest BCUT2D eigenvalue weighted by molar-refractivity contribution is 6.30. The summed E-state index contributed by atoms with van der Waals surface area (Å²) in [5.41, 5.74) is 1.75. The Kier molecular flexibility index (Phi) is 2.55. The third kappa shape index (κ3) is 1.90. The van der Waals surface area contributed by atoms with Crippen molar-refractivity contribution in [3.05, 3.63) is 64.1 Å². The Morgan fingerprint density at radius 1 is 1.05 bits per heavy atom. The van der Waals surface area contributed by atoms with Crippen molar-refractivity contribution in [2.24, 2.45) is 0 Å². The molecular formula is C15H8ClN3O2. The van der Waals surface area contributed by atoms with Crippen LogP contribution >= 0.6 is 11.6 Å². The second-order valence-corrected chi connectivity index (χ2v) is 4.98. The topological polar surface area (TPSA) is 60.4 Å². The summed E-state index contributed by atoms with van der Waals surface area (Å²) in [6.07, 6.45) is 0. The molecule has 4 aromatic rings. The van der Waals surface area contributed by atoms with E-state index in [0.29, 0.717) is 22.1 Å². The summed E-state index contributed by atoms with van der Waals surface area (Å²) >= 11 is 5.87. The van der Waals surface area contributed by atoms with Crippen LogP contribution in [0.3, 0.4) is 0 Å². The fraction of sp³-hybridized carbons (Fsp3) is 0. The van der Waals surface area contributed by atoms with Crippen molar-refractivity contribution in [1.82, 2.24) is 14.6 Å². The molecule has 0 aliphatic rings. The molecule has 2 aromatic heterocycles. The maximum Gasteiger partial charge on any atom is 0.442 e. The Bertz CT molecular complexity index is 1020. The second kappa shape index (κ2) is 4.43. The van der Waals surface area contributed by atoms with Crippen LogP contribution in [0.15, 0.2) is 57.7 Å². The van der Waals surface area contributed by atoms with Gasteiger partial charge in [0.05, 0.1) is 5.39 Å². The first-order valence-electron chi connectivity index (χ1n) is 6.27. The minimum atomic E-state index is -0.559. The van der Waals surface area contributed by atoms with Crippen LogP contribution < -0.4 is 5.76 Å². The van der Waals surface area contributed by atoms with Crippen LogP contribution in [-0.2, 0) is 0 Å². The van der Waals surface area contributed by atoms with E-state index >= 15 is 0 Å². The molecule has 0 atom stereocenters. The van der Waals surface area contributed by atoms with Gasteiger partial charge in [-0.25, -0.2) is 9.78 Å². The van der Waals surface area contributed by atoms with Crippen LogP contribution in [0.25, 0.3) is 28.0 Å². The van der Waals surface area contributed by atoms with Crippen LogP contribution in [0.1, 0.15) is 0 Å². The van der Waals surface area contributed by atoms with Gasteiger partial charge in [-0.2, -0.15) is 0 Å². The molecule has 0 spiro atoms. The SMILES string of the molecule is O=c1oc2ccccc2c2nc(-c3ccc(Cl)cc3)nn12. The lowest BCUT2D eigenvalue weighted by Crippen LogP contribution is -2.12. The molecule has 0 N–H and O–H groups in total. The van der Waals surface area contributed by atoms with E-state index in [4.69, 9.17) is 16.0 Å². The number of halogens is 1. The maximum absolute atomic E-state index is 12.0. The number of hydrogen-bond acceptors (Lipinski definition) is 4. The van der Waals surface area contributed by atoms with Crippen LogP contribution in [-0.4, -0.2) is 14.6 Å². The van der Waals surface area contributed by atoms with Gasteiger partial charge in [0.1, 0.15) is 5.58 Å². The monoisotopic (exact) mass is 297 g/mol. The van der Waals surface area contributed by atoms with Gasteiger partial charge in [0.25, 0.3) is 0 Å². The first-order chi connectivity index (χ1) is 10.2. The molecule has 2 aromatic carbocycles. The molecule has 0 bridgehead atoms. The van der Waals surface area contributed by atoms with Crippen molar-refractivity contribution < 1.29 is 4.42 Å². The lowest BCUT2D eigenvalue weighted by molar-refractivity contribution is 0.507. The summed E-state index contributed by atoms with van der Waals surface area (Å²) in [4.78, 5) is 16.4. The van der Waals surface area contributed by atoms with Gasteiger partial charge in [0.2, 0.25) is 0 Å². The van der Waals surface area contributed by atoms with E-state index in [0.717, 1.165) is 10.9 Å². The number of fused-ring (bicyclic) bond motifs is 3. The molecule has 6 heteroatoms. The third-order valence-electron chi connectivity index (χ3n) is 3.21. The molecular weight excluding hydrogens is 290 g/mol. The lowest BCUT2D eigenvalue weighted by Gasteiger charge is -1.95. The zero-order valence-electron chi connectivity index (χ0n) is 10.7. The van der Waals surface area contributed by atoms with Crippen molar-refractivity contribution in [3.63, 3.8) is 0 Å². The summed E-state index contributed by atoms with van der Waals surface area (Å²) in [7, 11) is 0. The number of rotatable bonds is 1. The quantitative estimate of drug-likeness (QED) is 0.541. The molecule has 2 heterocycles. The normalized spacial score (nSPS) is 11.3. The Balaban J connectivity index is 2.05. The van der Waals surface area contributed by atoms with E-state index < -0.39 is 5.76 Å². The Morgan fingerprint density at radius 2 is 1.81 bits per heavy atom. The van der Waals surface area contributed by atoms with Crippen molar-refractivity contribution in [2.75, 3.05) is 0 Å². The molecule has 0 saturated carbocycles. The van der Waals surface area contributed by atoms with E-state index in [9.17, 15) is 4.79 Å². The van der Waals surface area contributed by atoms with Gasteiger partial charge in [-0.1, -0.05) is 23.7 Å². The number of para-hydroxylation sites is 1. The fourth-order valence-corrected chi connectivity index (χ4v) is 2.34. The summed E-state index contributed by atoms with van der Waals surface area (Å²) in [6.45, 7) is 0. The minimum absolute atomic E-state index is 0.454. The number of benzene rings is 2. The molecule has 0 radical (unpaired) electrons. The van der Waals surface area contributed by atoms with E-state index in [1.54, 1.807) is 36.4 Å². The summed E-state index contributed by atoms with van der Waals surface area (Å²) < 4.78 is 6.40. The van der Waals surface area contributed by atoms with Gasteiger partial charge in [-0.05, 0) is 36.4 Å². The third-order valence-corrected chi connectivity index (χ3v) is 3.46.